The zero-order chi connectivity index (χ0) is 14.5. The smallest absolute Gasteiger partial charge is 0.138 e. The van der Waals surface area contributed by atoms with Crippen LogP contribution in [-0.2, 0) is 0 Å². The third-order valence-corrected chi connectivity index (χ3v) is 3.36. The molecule has 0 saturated heterocycles. The molecule has 2 rings (SSSR count). The topological polar surface area (TPSA) is 46.9 Å². The number of aromatic hydroxyl groups is 2. The average Bonchev–Trinajstić information content (AvgIpc) is 2.45. The summed E-state index contributed by atoms with van der Waals surface area (Å²) in [6.07, 6.45) is 0. The first-order valence-corrected chi connectivity index (χ1v) is 6.58. The molecule has 0 aliphatic carbocycles. The van der Waals surface area contributed by atoms with Gasteiger partial charge in [0.25, 0.3) is 0 Å². The van der Waals surface area contributed by atoms with Crippen molar-refractivity contribution in [3.63, 3.8) is 0 Å². The quantitative estimate of drug-likeness (QED) is 0.878. The number of hydrogen-bond acceptors (Lipinski definition) is 4. The number of para-hydroxylation sites is 4. The molecule has 0 saturated carbocycles. The van der Waals surface area contributed by atoms with E-state index in [1.807, 2.05) is 48.2 Å². The summed E-state index contributed by atoms with van der Waals surface area (Å²) in [7, 11) is 3.88. The summed E-state index contributed by atoms with van der Waals surface area (Å²) in [5, 5.41) is 19.6. The molecule has 0 fully saturated rings. The monoisotopic (exact) mass is 272 g/mol. The minimum atomic E-state index is 0.278. The summed E-state index contributed by atoms with van der Waals surface area (Å²) < 4.78 is 0. The van der Waals surface area contributed by atoms with Crippen molar-refractivity contribution in [1.82, 2.24) is 0 Å². The first-order chi connectivity index (χ1) is 9.59. The standard InChI is InChI=1S/C16H20N2O2/c1-17(13-7-3-5-9-15(13)19)11-12-18(2)14-8-4-6-10-16(14)20/h3-10,19-20H,11-12H2,1-2H3. The fourth-order valence-corrected chi connectivity index (χ4v) is 2.11. The fourth-order valence-electron chi connectivity index (χ4n) is 2.11. The van der Waals surface area contributed by atoms with E-state index < -0.39 is 0 Å². The Morgan fingerprint density at radius 2 is 1.05 bits per heavy atom. The van der Waals surface area contributed by atoms with Crippen LogP contribution < -0.4 is 9.80 Å². The molecule has 0 aliphatic heterocycles. The van der Waals surface area contributed by atoms with Crippen molar-refractivity contribution in [3.05, 3.63) is 48.5 Å². The van der Waals surface area contributed by atoms with Crippen LogP contribution in [0.2, 0.25) is 0 Å². The van der Waals surface area contributed by atoms with Gasteiger partial charge < -0.3 is 20.0 Å². The Morgan fingerprint density at radius 3 is 1.40 bits per heavy atom. The van der Waals surface area contributed by atoms with Crippen LogP contribution >= 0.6 is 0 Å². The Hall–Kier alpha value is -2.36. The van der Waals surface area contributed by atoms with E-state index in [2.05, 4.69) is 0 Å². The lowest BCUT2D eigenvalue weighted by Gasteiger charge is -2.25. The van der Waals surface area contributed by atoms with Crippen LogP contribution in [0.4, 0.5) is 11.4 Å². The van der Waals surface area contributed by atoms with Gasteiger partial charge in [-0.3, -0.25) is 0 Å². The van der Waals surface area contributed by atoms with Crippen LogP contribution in [0.5, 0.6) is 11.5 Å². The molecule has 0 radical (unpaired) electrons. The van der Waals surface area contributed by atoms with Gasteiger partial charge >= 0.3 is 0 Å². The molecule has 0 aliphatic rings. The Balaban J connectivity index is 1.99. The molecule has 2 N–H and O–H groups in total. The minimum Gasteiger partial charge on any atom is -0.506 e. The van der Waals surface area contributed by atoms with Crippen molar-refractivity contribution in [1.29, 1.82) is 0 Å². The van der Waals surface area contributed by atoms with E-state index in [1.54, 1.807) is 24.3 Å². The molecule has 0 atom stereocenters. The normalized spacial score (nSPS) is 10.3. The molecule has 2 aromatic carbocycles. The van der Waals surface area contributed by atoms with Crippen molar-refractivity contribution in [2.75, 3.05) is 37.0 Å². The Kier molecular flexibility index (Phi) is 4.35. The second kappa shape index (κ2) is 6.19. The molecule has 0 aromatic heterocycles. The Labute approximate surface area is 119 Å². The molecule has 0 heterocycles. The average molecular weight is 272 g/mol. The SMILES string of the molecule is CN(CCN(C)c1ccccc1O)c1ccccc1O. The number of phenolic OH excluding ortho intramolecular Hbond substituents is 2. The van der Waals surface area contributed by atoms with Crippen LogP contribution in [0.1, 0.15) is 0 Å². The lowest BCUT2D eigenvalue weighted by molar-refractivity contribution is 0.473. The van der Waals surface area contributed by atoms with Gasteiger partial charge in [0.05, 0.1) is 11.4 Å². The molecule has 106 valence electrons. The molecular formula is C16H20N2O2. The van der Waals surface area contributed by atoms with E-state index in [4.69, 9.17) is 0 Å². The summed E-state index contributed by atoms with van der Waals surface area (Å²) in [4.78, 5) is 3.98. The van der Waals surface area contributed by atoms with Gasteiger partial charge in [-0.15, -0.1) is 0 Å². The predicted molar refractivity (Wildman–Crippen MR) is 82.8 cm³/mol. The summed E-state index contributed by atoms with van der Waals surface area (Å²) in [5.74, 6) is 0.556. The number of rotatable bonds is 5. The summed E-state index contributed by atoms with van der Waals surface area (Å²) in [5.41, 5.74) is 1.61. The molecule has 0 unspecified atom stereocenters. The second-order valence-corrected chi connectivity index (χ2v) is 4.82. The molecule has 0 bridgehead atoms. The predicted octanol–water partition coefficient (Wildman–Crippen LogP) is 2.67. The number of anilines is 2. The van der Waals surface area contributed by atoms with E-state index in [0.717, 1.165) is 24.5 Å². The number of phenols is 2. The molecule has 0 spiro atoms. The third-order valence-electron chi connectivity index (χ3n) is 3.36. The van der Waals surface area contributed by atoms with E-state index >= 15 is 0 Å². The van der Waals surface area contributed by atoms with Crippen LogP contribution in [0.3, 0.4) is 0 Å². The Bertz CT molecular complexity index is 520. The van der Waals surface area contributed by atoms with Crippen LogP contribution in [-0.4, -0.2) is 37.4 Å². The summed E-state index contributed by atoms with van der Waals surface area (Å²) >= 11 is 0. The maximum absolute atomic E-state index is 9.81. The van der Waals surface area contributed by atoms with Crippen molar-refractivity contribution in [2.24, 2.45) is 0 Å². The van der Waals surface area contributed by atoms with Gasteiger partial charge in [0, 0.05) is 27.2 Å². The second-order valence-electron chi connectivity index (χ2n) is 4.82. The molecular weight excluding hydrogens is 252 g/mol. The zero-order valence-corrected chi connectivity index (χ0v) is 11.8. The van der Waals surface area contributed by atoms with Gasteiger partial charge in [0.15, 0.2) is 0 Å². The van der Waals surface area contributed by atoms with E-state index in [0.29, 0.717) is 0 Å². The molecule has 4 heteroatoms. The number of likely N-dealkylation sites (N-methyl/N-ethyl adjacent to an activating group) is 2. The molecule has 20 heavy (non-hydrogen) atoms. The van der Waals surface area contributed by atoms with Gasteiger partial charge in [-0.05, 0) is 24.3 Å². The van der Waals surface area contributed by atoms with Gasteiger partial charge in [-0.2, -0.15) is 0 Å². The van der Waals surface area contributed by atoms with E-state index in [9.17, 15) is 10.2 Å². The lowest BCUT2D eigenvalue weighted by atomic mass is 10.2. The largest absolute Gasteiger partial charge is 0.506 e. The van der Waals surface area contributed by atoms with Crippen LogP contribution in [0.25, 0.3) is 0 Å². The van der Waals surface area contributed by atoms with E-state index in [1.165, 1.54) is 0 Å². The zero-order valence-electron chi connectivity index (χ0n) is 11.8. The maximum Gasteiger partial charge on any atom is 0.138 e. The van der Waals surface area contributed by atoms with Crippen LogP contribution in [0.15, 0.2) is 48.5 Å². The highest BCUT2D eigenvalue weighted by Gasteiger charge is 2.09. The van der Waals surface area contributed by atoms with Gasteiger partial charge in [0.1, 0.15) is 11.5 Å². The Morgan fingerprint density at radius 1 is 0.700 bits per heavy atom. The number of benzene rings is 2. The number of nitrogens with zero attached hydrogens (tertiary/aromatic N) is 2. The van der Waals surface area contributed by atoms with E-state index in [-0.39, 0.29) is 11.5 Å². The van der Waals surface area contributed by atoms with Crippen molar-refractivity contribution in [2.45, 2.75) is 0 Å². The van der Waals surface area contributed by atoms with Crippen molar-refractivity contribution in [3.8, 4) is 11.5 Å². The lowest BCUT2D eigenvalue weighted by Crippen LogP contribution is -2.30. The van der Waals surface area contributed by atoms with Gasteiger partial charge in [-0.25, -0.2) is 0 Å². The van der Waals surface area contributed by atoms with Crippen LogP contribution in [0, 0.1) is 0 Å². The molecule has 2 aromatic rings. The third kappa shape index (κ3) is 3.15. The summed E-state index contributed by atoms with van der Waals surface area (Å²) in [6.45, 7) is 1.48. The highest BCUT2D eigenvalue weighted by atomic mass is 16.3. The van der Waals surface area contributed by atoms with Crippen molar-refractivity contribution >= 4 is 11.4 Å². The minimum absolute atomic E-state index is 0.278. The maximum atomic E-state index is 9.81. The van der Waals surface area contributed by atoms with Crippen molar-refractivity contribution < 1.29 is 10.2 Å². The van der Waals surface area contributed by atoms with Gasteiger partial charge in [-0.1, -0.05) is 24.3 Å². The molecule has 0 amide bonds. The fraction of sp³-hybridized carbons (Fsp3) is 0.250. The highest BCUT2D eigenvalue weighted by Crippen LogP contribution is 2.27. The highest BCUT2D eigenvalue weighted by molar-refractivity contribution is 5.59. The molecule has 4 nitrogen and oxygen atoms in total. The first-order valence-electron chi connectivity index (χ1n) is 6.58. The number of hydrogen-bond donors (Lipinski definition) is 2. The van der Waals surface area contributed by atoms with Gasteiger partial charge in [0.2, 0.25) is 0 Å². The summed E-state index contributed by atoms with van der Waals surface area (Å²) in [6, 6.07) is 14.5. The first kappa shape index (κ1) is 14.1.